The van der Waals surface area contributed by atoms with Crippen LogP contribution >= 0.6 is 0 Å². The molecule has 1 amide bonds. The summed E-state index contributed by atoms with van der Waals surface area (Å²) in [6.07, 6.45) is 1.46. The third-order valence-electron chi connectivity index (χ3n) is 3.56. The van der Waals surface area contributed by atoms with Gasteiger partial charge in [-0.2, -0.15) is 0 Å². The summed E-state index contributed by atoms with van der Waals surface area (Å²) in [5.41, 5.74) is 1.71. The molecule has 0 saturated carbocycles. The molecular weight excluding hydrogens is 338 g/mol. The van der Waals surface area contributed by atoms with Gasteiger partial charge >= 0.3 is 0 Å². The van der Waals surface area contributed by atoms with E-state index >= 15 is 0 Å². The molecule has 0 aliphatic carbocycles. The minimum absolute atomic E-state index is 0.145. The van der Waals surface area contributed by atoms with Crippen LogP contribution in [0.3, 0.4) is 0 Å². The molecule has 2 aromatic carbocycles. The smallest absolute Gasteiger partial charge is 0.293 e. The van der Waals surface area contributed by atoms with Crippen molar-refractivity contribution in [2.45, 2.75) is 6.92 Å². The van der Waals surface area contributed by atoms with E-state index in [0.717, 1.165) is 5.69 Å². The highest BCUT2D eigenvalue weighted by Gasteiger charge is 2.17. The standard InChI is InChI=1S/C16H15N7O3/c1-2-17-14-8-3-11(9-15(14)23(25)26)16(24)19-12-4-6-13(7-5-12)22-10-18-20-21-22/h3-10,17H,2H2,1H3,(H,19,24). The molecule has 0 spiro atoms. The summed E-state index contributed by atoms with van der Waals surface area (Å²) in [6.45, 7) is 2.38. The van der Waals surface area contributed by atoms with E-state index in [1.165, 1.54) is 29.2 Å². The molecule has 0 atom stereocenters. The molecule has 0 radical (unpaired) electrons. The van der Waals surface area contributed by atoms with Crippen molar-refractivity contribution in [3.63, 3.8) is 0 Å². The van der Waals surface area contributed by atoms with Crippen LogP contribution in [-0.2, 0) is 0 Å². The Bertz CT molecular complexity index is 924. The molecule has 0 unspecified atom stereocenters. The van der Waals surface area contributed by atoms with Gasteiger partial charge in [-0.25, -0.2) is 4.68 Å². The molecule has 0 aliphatic rings. The van der Waals surface area contributed by atoms with Crippen LogP contribution < -0.4 is 10.6 Å². The van der Waals surface area contributed by atoms with Crippen LogP contribution in [0.2, 0.25) is 0 Å². The lowest BCUT2D eigenvalue weighted by Crippen LogP contribution is -2.13. The van der Waals surface area contributed by atoms with Gasteiger partial charge in [0.05, 0.1) is 10.6 Å². The number of nitro groups is 1. The number of tetrazole rings is 1. The summed E-state index contributed by atoms with van der Waals surface area (Å²) >= 11 is 0. The van der Waals surface area contributed by atoms with Crippen molar-refractivity contribution in [1.29, 1.82) is 0 Å². The van der Waals surface area contributed by atoms with Crippen molar-refractivity contribution in [2.24, 2.45) is 0 Å². The monoisotopic (exact) mass is 353 g/mol. The van der Waals surface area contributed by atoms with Crippen LogP contribution in [0, 0.1) is 10.1 Å². The summed E-state index contributed by atoms with van der Waals surface area (Å²) in [7, 11) is 0. The van der Waals surface area contributed by atoms with Crippen LogP contribution in [0.25, 0.3) is 5.69 Å². The van der Waals surface area contributed by atoms with Gasteiger partial charge in [0.1, 0.15) is 12.0 Å². The van der Waals surface area contributed by atoms with Crippen LogP contribution in [0.5, 0.6) is 0 Å². The molecule has 3 aromatic rings. The number of aromatic nitrogens is 4. The molecule has 132 valence electrons. The molecule has 26 heavy (non-hydrogen) atoms. The van der Waals surface area contributed by atoms with E-state index in [-0.39, 0.29) is 11.3 Å². The topological polar surface area (TPSA) is 128 Å². The van der Waals surface area contributed by atoms with E-state index in [9.17, 15) is 14.9 Å². The van der Waals surface area contributed by atoms with Gasteiger partial charge in [0.2, 0.25) is 0 Å². The number of anilines is 2. The van der Waals surface area contributed by atoms with Gasteiger partial charge in [-0.1, -0.05) is 0 Å². The van der Waals surface area contributed by atoms with Gasteiger partial charge in [-0.15, -0.1) is 5.10 Å². The normalized spacial score (nSPS) is 10.3. The fourth-order valence-electron chi connectivity index (χ4n) is 2.34. The number of amides is 1. The first-order valence-electron chi connectivity index (χ1n) is 7.75. The summed E-state index contributed by atoms with van der Waals surface area (Å²) in [4.78, 5) is 23.1. The van der Waals surface area contributed by atoms with E-state index in [1.54, 1.807) is 24.3 Å². The molecular formula is C16H15N7O3. The maximum atomic E-state index is 12.4. The summed E-state index contributed by atoms with van der Waals surface area (Å²) < 4.78 is 1.48. The van der Waals surface area contributed by atoms with Crippen LogP contribution in [0.1, 0.15) is 17.3 Å². The van der Waals surface area contributed by atoms with Crippen molar-refractivity contribution in [2.75, 3.05) is 17.2 Å². The Balaban J connectivity index is 1.77. The molecule has 10 nitrogen and oxygen atoms in total. The lowest BCUT2D eigenvalue weighted by molar-refractivity contribution is -0.384. The van der Waals surface area contributed by atoms with Crippen LogP contribution in [0.4, 0.5) is 17.1 Å². The van der Waals surface area contributed by atoms with Crippen molar-refractivity contribution in [1.82, 2.24) is 20.2 Å². The highest BCUT2D eigenvalue weighted by Crippen LogP contribution is 2.26. The van der Waals surface area contributed by atoms with Crippen molar-refractivity contribution < 1.29 is 9.72 Å². The largest absolute Gasteiger partial charge is 0.380 e. The maximum absolute atomic E-state index is 12.4. The zero-order valence-corrected chi connectivity index (χ0v) is 13.8. The fraction of sp³-hybridized carbons (Fsp3) is 0.125. The third-order valence-corrected chi connectivity index (χ3v) is 3.56. The van der Waals surface area contributed by atoms with Gasteiger partial charge < -0.3 is 10.6 Å². The zero-order chi connectivity index (χ0) is 18.5. The Hall–Kier alpha value is -3.82. The maximum Gasteiger partial charge on any atom is 0.293 e. The molecule has 0 saturated heterocycles. The fourth-order valence-corrected chi connectivity index (χ4v) is 2.34. The van der Waals surface area contributed by atoms with Crippen molar-refractivity contribution >= 4 is 23.0 Å². The highest BCUT2D eigenvalue weighted by atomic mass is 16.6. The first kappa shape index (κ1) is 17.0. The number of nitro benzene ring substituents is 1. The predicted molar refractivity (Wildman–Crippen MR) is 94.4 cm³/mol. The second-order valence-electron chi connectivity index (χ2n) is 5.27. The molecule has 0 bridgehead atoms. The second-order valence-corrected chi connectivity index (χ2v) is 5.27. The average Bonchev–Trinajstić information content (AvgIpc) is 3.17. The number of nitrogens with zero attached hydrogens (tertiary/aromatic N) is 5. The second kappa shape index (κ2) is 7.38. The zero-order valence-electron chi connectivity index (χ0n) is 13.8. The summed E-state index contributed by atoms with van der Waals surface area (Å²) in [5.74, 6) is -0.439. The molecule has 3 rings (SSSR count). The minimum atomic E-state index is -0.518. The number of nitrogens with one attached hydrogen (secondary N) is 2. The van der Waals surface area contributed by atoms with Crippen LogP contribution in [0.15, 0.2) is 48.8 Å². The minimum Gasteiger partial charge on any atom is -0.380 e. The van der Waals surface area contributed by atoms with E-state index in [2.05, 4.69) is 26.2 Å². The predicted octanol–water partition coefficient (Wildman–Crippen LogP) is 2.25. The Morgan fingerprint density at radius 3 is 2.62 bits per heavy atom. The lowest BCUT2D eigenvalue weighted by atomic mass is 10.1. The molecule has 1 heterocycles. The Labute approximate surface area is 148 Å². The van der Waals surface area contributed by atoms with Gasteiger partial charge in [0, 0.05) is 23.9 Å². The third kappa shape index (κ3) is 3.64. The van der Waals surface area contributed by atoms with E-state index in [4.69, 9.17) is 0 Å². The van der Waals surface area contributed by atoms with E-state index < -0.39 is 10.8 Å². The van der Waals surface area contributed by atoms with Crippen LogP contribution in [-0.4, -0.2) is 37.6 Å². The van der Waals surface area contributed by atoms with Crippen molar-refractivity contribution in [3.8, 4) is 5.69 Å². The van der Waals surface area contributed by atoms with Gasteiger partial charge in [0.25, 0.3) is 11.6 Å². The highest BCUT2D eigenvalue weighted by molar-refractivity contribution is 6.05. The Kier molecular flexibility index (Phi) is 4.83. The molecule has 0 fully saturated rings. The average molecular weight is 353 g/mol. The quantitative estimate of drug-likeness (QED) is 0.514. The SMILES string of the molecule is CCNc1ccc(C(=O)Nc2ccc(-n3cnnn3)cc2)cc1[N+](=O)[O-]. The number of rotatable bonds is 6. The summed E-state index contributed by atoms with van der Waals surface area (Å²) in [5, 5.41) is 27.7. The number of hydrogen-bond donors (Lipinski definition) is 2. The van der Waals surface area contributed by atoms with Gasteiger partial charge in [-0.3, -0.25) is 14.9 Å². The molecule has 1 aromatic heterocycles. The molecule has 0 aliphatic heterocycles. The first-order chi connectivity index (χ1) is 12.6. The molecule has 2 N–H and O–H groups in total. The van der Waals surface area contributed by atoms with E-state index in [1.807, 2.05) is 6.92 Å². The lowest BCUT2D eigenvalue weighted by Gasteiger charge is -2.08. The summed E-state index contributed by atoms with van der Waals surface area (Å²) in [6, 6.07) is 11.2. The number of benzene rings is 2. The number of carbonyl (C=O) groups is 1. The van der Waals surface area contributed by atoms with Gasteiger partial charge in [-0.05, 0) is 53.7 Å². The van der Waals surface area contributed by atoms with Gasteiger partial charge in [0.15, 0.2) is 0 Å². The first-order valence-corrected chi connectivity index (χ1v) is 7.75. The van der Waals surface area contributed by atoms with Crippen molar-refractivity contribution in [3.05, 3.63) is 64.5 Å². The van der Waals surface area contributed by atoms with E-state index in [0.29, 0.717) is 17.9 Å². The number of carbonyl (C=O) groups excluding carboxylic acids is 1. The Morgan fingerprint density at radius 1 is 1.23 bits per heavy atom. The Morgan fingerprint density at radius 2 is 2.00 bits per heavy atom. The number of hydrogen-bond acceptors (Lipinski definition) is 7. The molecule has 10 heteroatoms.